The molecule has 0 aromatic heterocycles. The van der Waals surface area contributed by atoms with Crippen molar-refractivity contribution in [3.05, 3.63) is 0 Å². The minimum atomic E-state index is -0.612. The van der Waals surface area contributed by atoms with Crippen LogP contribution in [0.25, 0.3) is 0 Å². The van der Waals surface area contributed by atoms with Gasteiger partial charge < -0.3 is 30.0 Å². The van der Waals surface area contributed by atoms with Gasteiger partial charge in [-0.3, -0.25) is 24.0 Å². The Morgan fingerprint density at radius 3 is 1.82 bits per heavy atom. The largest absolute Gasteiger partial charge is 0.444 e. The summed E-state index contributed by atoms with van der Waals surface area (Å²) in [7, 11) is 3.39. The van der Waals surface area contributed by atoms with E-state index in [1.54, 1.807) is 28.2 Å². The summed E-state index contributed by atoms with van der Waals surface area (Å²) in [4.78, 5) is 74.0. The van der Waals surface area contributed by atoms with Crippen LogP contribution in [0.4, 0.5) is 0 Å². The molecule has 0 saturated heterocycles. The molecule has 0 aliphatic rings. The third kappa shape index (κ3) is 15.1. The fourth-order valence-corrected chi connectivity index (χ4v) is 2.80. The zero-order chi connectivity index (χ0) is 25.9. The van der Waals surface area contributed by atoms with Crippen LogP contribution in [0.3, 0.4) is 0 Å². The van der Waals surface area contributed by atoms with E-state index in [0.29, 0.717) is 6.54 Å². The van der Waals surface area contributed by atoms with Gasteiger partial charge in [0, 0.05) is 26.1 Å². The van der Waals surface area contributed by atoms with E-state index in [4.69, 9.17) is 4.74 Å². The van der Waals surface area contributed by atoms with Crippen LogP contribution in [-0.4, -0.2) is 99.2 Å². The molecule has 0 bridgehead atoms. The first-order valence-corrected chi connectivity index (χ1v) is 11.4. The van der Waals surface area contributed by atoms with Crippen molar-refractivity contribution >= 4 is 49.9 Å². The molecule has 2 N–H and O–H groups in total. The number of carbonyl (C=O) groups excluding carboxylic acids is 6. The molecule has 0 aromatic carbocycles. The molecule has 4 amide bonds. The SMILES string of the molecule is C[B]CC(=O)N(CCC)CC(=O)NCCN(CC(=O)NCOC(=O)CCC(C)=O)C(=O)C[B]C. The van der Waals surface area contributed by atoms with Gasteiger partial charge in [0.15, 0.2) is 6.73 Å². The van der Waals surface area contributed by atoms with E-state index < -0.39 is 11.9 Å². The van der Waals surface area contributed by atoms with Crippen molar-refractivity contribution in [2.75, 3.05) is 39.5 Å². The molecule has 0 fully saturated rings. The number of ketones is 1. The molecule has 0 unspecified atom stereocenters. The van der Waals surface area contributed by atoms with E-state index in [2.05, 4.69) is 10.6 Å². The molecular weight excluding hydrogens is 442 g/mol. The molecule has 0 spiro atoms. The van der Waals surface area contributed by atoms with E-state index in [1.807, 2.05) is 6.92 Å². The lowest BCUT2D eigenvalue weighted by molar-refractivity contribution is -0.147. The maximum absolute atomic E-state index is 12.3. The number of carbonyl (C=O) groups is 6. The first kappa shape index (κ1) is 31.1. The molecule has 0 aromatic rings. The van der Waals surface area contributed by atoms with Crippen LogP contribution in [0.15, 0.2) is 0 Å². The van der Waals surface area contributed by atoms with Gasteiger partial charge in [0.25, 0.3) is 0 Å². The summed E-state index contributed by atoms with van der Waals surface area (Å²) in [5, 5.41) is 5.06. The monoisotopic (exact) mass is 478 g/mol. The average Bonchev–Trinajstić information content (AvgIpc) is 2.77. The van der Waals surface area contributed by atoms with Crippen LogP contribution in [0.2, 0.25) is 26.3 Å². The minimum absolute atomic E-state index is 0.0652. The highest BCUT2D eigenvalue weighted by Crippen LogP contribution is 1.98. The smallest absolute Gasteiger partial charge is 0.307 e. The van der Waals surface area contributed by atoms with E-state index in [1.165, 1.54) is 16.7 Å². The number of nitrogens with one attached hydrogen (secondary N) is 2. The van der Waals surface area contributed by atoms with Gasteiger partial charge >= 0.3 is 5.97 Å². The van der Waals surface area contributed by atoms with Crippen LogP contribution in [0, 0.1) is 0 Å². The second-order valence-electron chi connectivity index (χ2n) is 7.67. The Balaban J connectivity index is 4.61. The van der Waals surface area contributed by atoms with Gasteiger partial charge in [-0.1, -0.05) is 20.6 Å². The molecule has 11 nitrogen and oxygen atoms in total. The van der Waals surface area contributed by atoms with Crippen molar-refractivity contribution in [3.8, 4) is 0 Å². The third-order valence-electron chi connectivity index (χ3n) is 4.51. The fraction of sp³-hybridized carbons (Fsp3) is 0.714. The number of ether oxygens (including phenoxy) is 1. The lowest BCUT2D eigenvalue weighted by Gasteiger charge is -2.24. The highest BCUT2D eigenvalue weighted by atomic mass is 16.5. The topological polar surface area (TPSA) is 142 Å². The van der Waals surface area contributed by atoms with E-state index in [-0.39, 0.29) is 81.9 Å². The summed E-state index contributed by atoms with van der Waals surface area (Å²) in [6.45, 7) is 6.71. The van der Waals surface area contributed by atoms with Crippen molar-refractivity contribution < 1.29 is 33.5 Å². The van der Waals surface area contributed by atoms with E-state index in [0.717, 1.165) is 6.42 Å². The van der Waals surface area contributed by atoms with Crippen LogP contribution >= 0.6 is 0 Å². The van der Waals surface area contributed by atoms with Gasteiger partial charge in [0.05, 0.1) is 19.5 Å². The number of hydrogen-bond acceptors (Lipinski definition) is 7. The van der Waals surface area contributed by atoms with Gasteiger partial charge in [-0.15, -0.1) is 0 Å². The molecule has 0 heterocycles. The van der Waals surface area contributed by atoms with Gasteiger partial charge in [-0.25, -0.2) is 0 Å². The second-order valence-corrected chi connectivity index (χ2v) is 7.67. The predicted octanol–water partition coefficient (Wildman–Crippen LogP) is -0.503. The molecule has 0 aliphatic heterocycles. The maximum Gasteiger partial charge on any atom is 0.307 e. The lowest BCUT2D eigenvalue weighted by atomic mass is 9.77. The zero-order valence-corrected chi connectivity index (χ0v) is 20.7. The molecule has 34 heavy (non-hydrogen) atoms. The summed E-state index contributed by atoms with van der Waals surface area (Å²) >= 11 is 0. The van der Waals surface area contributed by atoms with Crippen molar-refractivity contribution in [2.45, 2.75) is 59.4 Å². The molecular formula is C21H36B2N4O7. The Hall–Kier alpha value is -2.85. The Bertz CT molecular complexity index is 707. The quantitative estimate of drug-likeness (QED) is 0.154. The summed E-state index contributed by atoms with van der Waals surface area (Å²) in [6.07, 6.45) is 1.09. The minimum Gasteiger partial charge on any atom is -0.444 e. The Morgan fingerprint density at radius 1 is 0.794 bits per heavy atom. The van der Waals surface area contributed by atoms with E-state index >= 15 is 0 Å². The highest BCUT2D eigenvalue weighted by Gasteiger charge is 2.19. The molecule has 0 rings (SSSR count). The Kier molecular flexibility index (Phi) is 17.0. The molecule has 188 valence electrons. The van der Waals surface area contributed by atoms with Gasteiger partial charge in [-0.05, 0) is 26.0 Å². The number of rotatable bonds is 18. The number of esters is 1. The van der Waals surface area contributed by atoms with Crippen LogP contribution in [-0.2, 0) is 33.5 Å². The molecule has 2 radical (unpaired) electrons. The third-order valence-corrected chi connectivity index (χ3v) is 4.51. The van der Waals surface area contributed by atoms with Crippen molar-refractivity contribution in [3.63, 3.8) is 0 Å². The Labute approximate surface area is 203 Å². The molecule has 0 atom stereocenters. The number of amides is 4. The van der Waals surface area contributed by atoms with Crippen LogP contribution < -0.4 is 10.6 Å². The molecule has 0 aliphatic carbocycles. The van der Waals surface area contributed by atoms with E-state index in [9.17, 15) is 28.8 Å². The molecule has 13 heteroatoms. The fourth-order valence-electron chi connectivity index (χ4n) is 2.80. The van der Waals surface area contributed by atoms with Crippen molar-refractivity contribution in [2.24, 2.45) is 0 Å². The van der Waals surface area contributed by atoms with Crippen molar-refractivity contribution in [1.82, 2.24) is 20.4 Å². The first-order chi connectivity index (χ1) is 16.1. The van der Waals surface area contributed by atoms with Crippen molar-refractivity contribution in [1.29, 1.82) is 0 Å². The standard InChI is InChI=1S/C21H36B2N4O7/c1-5-9-26(19(31)11-22-3)13-17(29)24-8-10-27(20(32)12-23-4)14-18(30)25-15-34-21(33)7-6-16(2)28/h5-15H2,1-4H3,(H,24,29)(H,25,30). The summed E-state index contributed by atoms with van der Waals surface area (Å²) < 4.78 is 4.83. The average molecular weight is 478 g/mol. The first-order valence-electron chi connectivity index (χ1n) is 11.4. The predicted molar refractivity (Wildman–Crippen MR) is 128 cm³/mol. The number of Topliss-reactive ketones (excluding diaryl/α,β-unsaturated/α-hetero) is 1. The van der Waals surface area contributed by atoms with Gasteiger partial charge in [0.1, 0.15) is 20.3 Å². The number of hydrogen-bond donors (Lipinski definition) is 2. The summed E-state index contributed by atoms with van der Waals surface area (Å²) in [5.41, 5.74) is 0. The number of nitrogens with zero attached hydrogens (tertiary/aromatic N) is 2. The maximum atomic E-state index is 12.3. The lowest BCUT2D eigenvalue weighted by Crippen LogP contribution is -2.46. The second kappa shape index (κ2) is 18.6. The zero-order valence-electron chi connectivity index (χ0n) is 20.7. The van der Waals surface area contributed by atoms with Crippen LogP contribution in [0.5, 0.6) is 0 Å². The molecule has 0 saturated carbocycles. The van der Waals surface area contributed by atoms with Gasteiger partial charge in [-0.2, -0.15) is 0 Å². The summed E-state index contributed by atoms with van der Waals surface area (Å²) in [5.74, 6) is -2.07. The van der Waals surface area contributed by atoms with Gasteiger partial charge in [0.2, 0.25) is 23.6 Å². The highest BCUT2D eigenvalue weighted by molar-refractivity contribution is 6.39. The summed E-state index contributed by atoms with van der Waals surface area (Å²) in [6, 6.07) is 0. The Morgan fingerprint density at radius 2 is 1.32 bits per heavy atom. The van der Waals surface area contributed by atoms with Crippen LogP contribution in [0.1, 0.15) is 33.1 Å². The normalized spacial score (nSPS) is 10.0.